The molecular weight excluding hydrogens is 452 g/mol. The molecule has 1 aromatic carbocycles. The standard InChI is InChI=1S/C25H28N4O4S/c1-15-12-17(16-8-6-7-9-20(16)32-5)18(13-26-15)22(30)28-23-27-19-14-29(11-10-21(19)34-23)24(31)33-25(2,3)4/h6-9,12-13H,10-11,14H2,1-5H3,(H,27,28,30). The van der Waals surface area contributed by atoms with Crippen molar-refractivity contribution in [3.05, 3.63) is 58.4 Å². The minimum atomic E-state index is -0.556. The highest BCUT2D eigenvalue weighted by atomic mass is 32.1. The van der Waals surface area contributed by atoms with Gasteiger partial charge in [0.25, 0.3) is 5.91 Å². The molecule has 0 spiro atoms. The molecule has 3 heterocycles. The quantitative estimate of drug-likeness (QED) is 0.561. The Hall–Kier alpha value is -3.46. The van der Waals surface area contributed by atoms with Crippen molar-refractivity contribution in [1.29, 1.82) is 0 Å². The van der Waals surface area contributed by atoms with Gasteiger partial charge in [0, 0.05) is 40.9 Å². The highest BCUT2D eigenvalue weighted by Gasteiger charge is 2.28. The number of nitrogens with one attached hydrogen (secondary N) is 1. The molecule has 0 fully saturated rings. The van der Waals surface area contributed by atoms with Gasteiger partial charge in [0.2, 0.25) is 0 Å². The van der Waals surface area contributed by atoms with Gasteiger partial charge in [-0.3, -0.25) is 15.1 Å². The van der Waals surface area contributed by atoms with Gasteiger partial charge in [-0.1, -0.05) is 18.2 Å². The Labute approximate surface area is 202 Å². The van der Waals surface area contributed by atoms with E-state index in [4.69, 9.17) is 9.47 Å². The molecule has 0 aliphatic carbocycles. The Morgan fingerprint density at radius 3 is 2.68 bits per heavy atom. The summed E-state index contributed by atoms with van der Waals surface area (Å²) < 4.78 is 11.0. The molecule has 178 valence electrons. The van der Waals surface area contributed by atoms with Crippen LogP contribution in [0.5, 0.6) is 5.75 Å². The third-order valence-corrected chi connectivity index (χ3v) is 6.36. The van der Waals surface area contributed by atoms with Gasteiger partial charge in [0.05, 0.1) is 24.9 Å². The maximum absolute atomic E-state index is 13.3. The molecule has 2 aromatic heterocycles. The molecule has 0 bridgehead atoms. The van der Waals surface area contributed by atoms with Crippen molar-refractivity contribution in [3.63, 3.8) is 0 Å². The molecule has 0 saturated carbocycles. The number of rotatable bonds is 4. The number of carbonyl (C=O) groups excluding carboxylic acids is 2. The van der Waals surface area contributed by atoms with Crippen LogP contribution in [-0.4, -0.2) is 46.1 Å². The van der Waals surface area contributed by atoms with E-state index in [0.29, 0.717) is 36.0 Å². The fourth-order valence-corrected chi connectivity index (χ4v) is 4.68. The summed E-state index contributed by atoms with van der Waals surface area (Å²) in [4.78, 5) is 37.3. The summed E-state index contributed by atoms with van der Waals surface area (Å²) in [6.07, 6.45) is 1.88. The average Bonchev–Trinajstić information content (AvgIpc) is 3.19. The van der Waals surface area contributed by atoms with Crippen LogP contribution in [0.25, 0.3) is 11.1 Å². The van der Waals surface area contributed by atoms with E-state index < -0.39 is 5.60 Å². The summed E-state index contributed by atoms with van der Waals surface area (Å²) in [7, 11) is 1.60. The number of fused-ring (bicyclic) bond motifs is 1. The lowest BCUT2D eigenvalue weighted by Crippen LogP contribution is -2.39. The first-order valence-electron chi connectivity index (χ1n) is 11.0. The van der Waals surface area contributed by atoms with Gasteiger partial charge in [0.1, 0.15) is 11.4 Å². The molecule has 4 rings (SSSR count). The minimum Gasteiger partial charge on any atom is -0.496 e. The highest BCUT2D eigenvalue weighted by molar-refractivity contribution is 7.15. The number of carbonyl (C=O) groups is 2. The lowest BCUT2D eigenvalue weighted by molar-refractivity contribution is 0.0222. The van der Waals surface area contributed by atoms with Crippen molar-refractivity contribution < 1.29 is 19.1 Å². The van der Waals surface area contributed by atoms with E-state index in [0.717, 1.165) is 27.4 Å². The third-order valence-electron chi connectivity index (χ3n) is 5.28. The first-order valence-corrected chi connectivity index (χ1v) is 11.8. The van der Waals surface area contributed by atoms with Crippen LogP contribution in [0.15, 0.2) is 36.5 Å². The molecule has 1 N–H and O–H groups in total. The number of amides is 2. The second kappa shape index (κ2) is 9.42. The lowest BCUT2D eigenvalue weighted by atomic mass is 9.99. The van der Waals surface area contributed by atoms with Crippen LogP contribution in [0.4, 0.5) is 9.93 Å². The van der Waals surface area contributed by atoms with Crippen LogP contribution in [0.3, 0.4) is 0 Å². The number of hydrogen-bond donors (Lipinski definition) is 1. The predicted molar refractivity (Wildman–Crippen MR) is 131 cm³/mol. The number of benzene rings is 1. The Balaban J connectivity index is 1.55. The summed E-state index contributed by atoms with van der Waals surface area (Å²) in [6, 6.07) is 9.44. The summed E-state index contributed by atoms with van der Waals surface area (Å²) >= 11 is 1.43. The van der Waals surface area contributed by atoms with E-state index >= 15 is 0 Å². The van der Waals surface area contributed by atoms with E-state index in [1.54, 1.807) is 18.2 Å². The smallest absolute Gasteiger partial charge is 0.410 e. The monoisotopic (exact) mass is 480 g/mol. The van der Waals surface area contributed by atoms with Gasteiger partial charge >= 0.3 is 6.09 Å². The van der Waals surface area contributed by atoms with Crippen LogP contribution in [-0.2, 0) is 17.7 Å². The SMILES string of the molecule is COc1ccccc1-c1cc(C)ncc1C(=O)Nc1nc2c(s1)CCN(C(=O)OC(C)(C)C)C2. The van der Waals surface area contributed by atoms with E-state index in [1.807, 2.05) is 58.0 Å². The molecule has 9 heteroatoms. The molecular formula is C25H28N4O4S. The molecule has 8 nitrogen and oxygen atoms in total. The minimum absolute atomic E-state index is 0.302. The largest absolute Gasteiger partial charge is 0.496 e. The molecule has 0 saturated heterocycles. The summed E-state index contributed by atoms with van der Waals surface area (Å²) in [5.41, 5.74) is 3.00. The number of para-hydroxylation sites is 1. The molecule has 1 aliphatic rings. The van der Waals surface area contributed by atoms with E-state index in [9.17, 15) is 9.59 Å². The maximum atomic E-state index is 13.3. The zero-order chi connectivity index (χ0) is 24.5. The van der Waals surface area contributed by atoms with Gasteiger partial charge in [-0.15, -0.1) is 11.3 Å². The second-order valence-electron chi connectivity index (χ2n) is 9.07. The number of hydrogen-bond acceptors (Lipinski definition) is 7. The first-order chi connectivity index (χ1) is 16.1. The zero-order valence-electron chi connectivity index (χ0n) is 20.0. The average molecular weight is 481 g/mol. The molecule has 34 heavy (non-hydrogen) atoms. The fourth-order valence-electron chi connectivity index (χ4n) is 3.73. The number of anilines is 1. The predicted octanol–water partition coefficient (Wildman–Crippen LogP) is 5.07. The normalized spacial score (nSPS) is 13.3. The fraction of sp³-hybridized carbons (Fsp3) is 0.360. The molecule has 2 amide bonds. The van der Waals surface area contributed by atoms with E-state index in [1.165, 1.54) is 11.3 Å². The van der Waals surface area contributed by atoms with Crippen molar-refractivity contribution in [2.24, 2.45) is 0 Å². The van der Waals surface area contributed by atoms with Crippen molar-refractivity contribution in [1.82, 2.24) is 14.9 Å². The molecule has 3 aromatic rings. The van der Waals surface area contributed by atoms with Gasteiger partial charge in [-0.05, 0) is 39.8 Å². The number of nitrogens with zero attached hydrogens (tertiary/aromatic N) is 3. The van der Waals surface area contributed by atoms with Crippen molar-refractivity contribution in [3.8, 4) is 16.9 Å². The van der Waals surface area contributed by atoms with Crippen LogP contribution in [0.2, 0.25) is 0 Å². The Kier molecular flexibility index (Phi) is 6.56. The number of aryl methyl sites for hydroxylation is 1. The molecule has 0 radical (unpaired) electrons. The van der Waals surface area contributed by atoms with Crippen molar-refractivity contribution in [2.75, 3.05) is 19.0 Å². The van der Waals surface area contributed by atoms with Gasteiger partial charge in [-0.2, -0.15) is 0 Å². The van der Waals surface area contributed by atoms with Crippen LogP contribution in [0.1, 0.15) is 47.4 Å². The summed E-state index contributed by atoms with van der Waals surface area (Å²) in [5, 5.41) is 3.41. The number of thiazole rings is 1. The maximum Gasteiger partial charge on any atom is 0.410 e. The topological polar surface area (TPSA) is 93.6 Å². The zero-order valence-corrected chi connectivity index (χ0v) is 20.8. The van der Waals surface area contributed by atoms with Gasteiger partial charge in [0.15, 0.2) is 5.13 Å². The third kappa shape index (κ3) is 5.20. The lowest BCUT2D eigenvalue weighted by Gasteiger charge is -2.29. The van der Waals surface area contributed by atoms with E-state index in [-0.39, 0.29) is 12.0 Å². The summed E-state index contributed by atoms with van der Waals surface area (Å²) in [6.45, 7) is 8.32. The van der Waals surface area contributed by atoms with Crippen LogP contribution >= 0.6 is 11.3 Å². The van der Waals surface area contributed by atoms with Crippen molar-refractivity contribution in [2.45, 2.75) is 46.3 Å². The Morgan fingerprint density at radius 1 is 1.18 bits per heavy atom. The number of methoxy groups -OCH3 is 1. The first kappa shape index (κ1) is 23.7. The molecule has 1 aliphatic heterocycles. The van der Waals surface area contributed by atoms with Gasteiger partial charge < -0.3 is 14.4 Å². The second-order valence-corrected chi connectivity index (χ2v) is 10.2. The summed E-state index contributed by atoms with van der Waals surface area (Å²) in [5.74, 6) is 0.373. The number of ether oxygens (including phenoxy) is 2. The Morgan fingerprint density at radius 2 is 1.94 bits per heavy atom. The van der Waals surface area contributed by atoms with Crippen LogP contribution < -0.4 is 10.1 Å². The van der Waals surface area contributed by atoms with Crippen LogP contribution in [0, 0.1) is 6.92 Å². The Bertz CT molecular complexity index is 1230. The van der Waals surface area contributed by atoms with E-state index in [2.05, 4.69) is 15.3 Å². The number of aromatic nitrogens is 2. The highest BCUT2D eigenvalue weighted by Crippen LogP contribution is 2.34. The molecule has 0 unspecified atom stereocenters. The van der Waals surface area contributed by atoms with Crippen molar-refractivity contribution >= 4 is 28.5 Å². The van der Waals surface area contributed by atoms with Gasteiger partial charge in [-0.25, -0.2) is 9.78 Å². The number of pyridine rings is 1. The molecule has 0 atom stereocenters.